The van der Waals surface area contributed by atoms with Gasteiger partial charge in [-0.1, -0.05) is 18.2 Å². The smallest absolute Gasteiger partial charge is 0.330 e. The van der Waals surface area contributed by atoms with E-state index in [0.717, 1.165) is 27.7 Å². The number of carbonyl (C=O) groups is 1. The monoisotopic (exact) mass is 256 g/mol. The van der Waals surface area contributed by atoms with Crippen molar-refractivity contribution in [3.63, 3.8) is 0 Å². The fraction of sp³-hybridized carbons (Fsp3) is 0.188. The molecule has 0 heterocycles. The molecule has 0 amide bonds. The Morgan fingerprint density at radius 2 is 1.74 bits per heavy atom. The van der Waals surface area contributed by atoms with E-state index in [2.05, 4.69) is 4.74 Å². The molecule has 0 unspecified atom stereocenters. The second kappa shape index (κ2) is 5.57. The normalized spacial score (nSPS) is 11.4. The highest BCUT2D eigenvalue weighted by atomic mass is 16.5. The van der Waals surface area contributed by atoms with Gasteiger partial charge in [-0.3, -0.25) is 0 Å². The van der Waals surface area contributed by atoms with Crippen LogP contribution in [-0.2, 0) is 9.53 Å². The molecule has 3 heteroatoms. The van der Waals surface area contributed by atoms with Gasteiger partial charge in [-0.25, -0.2) is 4.79 Å². The molecule has 0 aliphatic carbocycles. The number of hydrogen-bond donors (Lipinski definition) is 0. The van der Waals surface area contributed by atoms with Gasteiger partial charge in [-0.15, -0.1) is 0 Å². The van der Waals surface area contributed by atoms with Crippen molar-refractivity contribution in [1.29, 1.82) is 0 Å². The first kappa shape index (κ1) is 13.1. The molecule has 0 atom stereocenters. The molecule has 0 N–H and O–H groups in total. The maximum atomic E-state index is 11.2. The molecule has 2 rings (SSSR count). The van der Waals surface area contributed by atoms with Crippen molar-refractivity contribution >= 4 is 22.3 Å². The van der Waals surface area contributed by atoms with Crippen molar-refractivity contribution in [2.24, 2.45) is 0 Å². The third-order valence-electron chi connectivity index (χ3n) is 3.04. The lowest BCUT2D eigenvalue weighted by Crippen LogP contribution is -1.95. The van der Waals surface area contributed by atoms with Crippen LogP contribution >= 0.6 is 0 Å². The largest absolute Gasteiger partial charge is 0.497 e. The first-order chi connectivity index (χ1) is 9.13. The van der Waals surface area contributed by atoms with Crippen LogP contribution in [0.3, 0.4) is 0 Å². The van der Waals surface area contributed by atoms with Gasteiger partial charge in [0, 0.05) is 6.08 Å². The van der Waals surface area contributed by atoms with E-state index in [4.69, 9.17) is 4.74 Å². The lowest BCUT2D eigenvalue weighted by Gasteiger charge is -2.06. The molecular weight excluding hydrogens is 240 g/mol. The first-order valence-corrected chi connectivity index (χ1v) is 5.98. The highest BCUT2D eigenvalue weighted by molar-refractivity contribution is 5.93. The SMILES string of the molecule is COC(=O)/C=C(/C)c1ccc2cc(OC)ccc2c1. The summed E-state index contributed by atoms with van der Waals surface area (Å²) in [5.74, 6) is 0.495. The van der Waals surface area contributed by atoms with E-state index in [-0.39, 0.29) is 5.97 Å². The van der Waals surface area contributed by atoms with E-state index in [1.807, 2.05) is 43.3 Å². The van der Waals surface area contributed by atoms with Gasteiger partial charge in [0.1, 0.15) is 5.75 Å². The van der Waals surface area contributed by atoms with Crippen LogP contribution in [0, 0.1) is 0 Å². The van der Waals surface area contributed by atoms with Gasteiger partial charge in [-0.05, 0) is 47.0 Å². The van der Waals surface area contributed by atoms with Crippen molar-refractivity contribution in [1.82, 2.24) is 0 Å². The van der Waals surface area contributed by atoms with Crippen molar-refractivity contribution in [2.75, 3.05) is 14.2 Å². The number of fused-ring (bicyclic) bond motifs is 1. The molecule has 98 valence electrons. The molecule has 19 heavy (non-hydrogen) atoms. The number of rotatable bonds is 3. The van der Waals surface area contributed by atoms with Crippen LogP contribution in [0.2, 0.25) is 0 Å². The molecule has 0 radical (unpaired) electrons. The topological polar surface area (TPSA) is 35.5 Å². The zero-order chi connectivity index (χ0) is 13.8. The quantitative estimate of drug-likeness (QED) is 0.623. The first-order valence-electron chi connectivity index (χ1n) is 5.98. The summed E-state index contributed by atoms with van der Waals surface area (Å²) in [5.41, 5.74) is 1.88. The Morgan fingerprint density at radius 3 is 2.42 bits per heavy atom. The number of allylic oxidation sites excluding steroid dienone is 1. The van der Waals surface area contributed by atoms with E-state index in [1.54, 1.807) is 7.11 Å². The lowest BCUT2D eigenvalue weighted by molar-refractivity contribution is -0.134. The van der Waals surface area contributed by atoms with E-state index >= 15 is 0 Å². The molecule has 0 aromatic heterocycles. The number of carbonyl (C=O) groups excluding carboxylic acids is 1. The number of methoxy groups -OCH3 is 2. The molecule has 0 aliphatic heterocycles. The maximum absolute atomic E-state index is 11.2. The second-order valence-corrected chi connectivity index (χ2v) is 4.28. The van der Waals surface area contributed by atoms with Crippen LogP contribution in [0.25, 0.3) is 16.3 Å². The molecule has 0 aliphatic rings. The fourth-order valence-corrected chi connectivity index (χ4v) is 1.92. The van der Waals surface area contributed by atoms with Gasteiger partial charge in [-0.2, -0.15) is 0 Å². The predicted molar refractivity (Wildman–Crippen MR) is 76.2 cm³/mol. The summed E-state index contributed by atoms with van der Waals surface area (Å²) in [6.07, 6.45) is 1.49. The summed E-state index contributed by atoms with van der Waals surface area (Å²) in [7, 11) is 3.03. The molecule has 0 fully saturated rings. The molecule has 2 aromatic carbocycles. The van der Waals surface area contributed by atoms with Crippen molar-refractivity contribution < 1.29 is 14.3 Å². The summed E-state index contributed by atoms with van der Waals surface area (Å²) in [6.45, 7) is 1.89. The van der Waals surface area contributed by atoms with Gasteiger partial charge in [0.15, 0.2) is 0 Å². The van der Waals surface area contributed by atoms with Gasteiger partial charge in [0.05, 0.1) is 14.2 Å². The van der Waals surface area contributed by atoms with E-state index < -0.39 is 0 Å². The second-order valence-electron chi connectivity index (χ2n) is 4.28. The summed E-state index contributed by atoms with van der Waals surface area (Å²) in [4.78, 5) is 11.2. The Morgan fingerprint density at radius 1 is 1.05 bits per heavy atom. The lowest BCUT2D eigenvalue weighted by atomic mass is 10.0. The van der Waals surface area contributed by atoms with Crippen LogP contribution in [-0.4, -0.2) is 20.2 Å². The van der Waals surface area contributed by atoms with Crippen LogP contribution < -0.4 is 4.74 Å². The van der Waals surface area contributed by atoms with Crippen molar-refractivity contribution in [2.45, 2.75) is 6.92 Å². The van der Waals surface area contributed by atoms with Crippen molar-refractivity contribution in [3.05, 3.63) is 48.0 Å². The van der Waals surface area contributed by atoms with E-state index in [9.17, 15) is 4.79 Å². The van der Waals surface area contributed by atoms with Crippen LogP contribution in [0.15, 0.2) is 42.5 Å². The molecule has 3 nitrogen and oxygen atoms in total. The Kier molecular flexibility index (Phi) is 3.85. The minimum Gasteiger partial charge on any atom is -0.497 e. The summed E-state index contributed by atoms with van der Waals surface area (Å²) in [5, 5.41) is 2.21. The van der Waals surface area contributed by atoms with Crippen LogP contribution in [0.1, 0.15) is 12.5 Å². The zero-order valence-electron chi connectivity index (χ0n) is 11.3. The fourth-order valence-electron chi connectivity index (χ4n) is 1.92. The van der Waals surface area contributed by atoms with Crippen LogP contribution in [0.4, 0.5) is 0 Å². The standard InChI is InChI=1S/C16H16O3/c1-11(8-16(17)19-3)12-4-5-14-10-15(18-2)7-6-13(14)9-12/h4-10H,1-3H3/b11-8-. The summed E-state index contributed by atoms with van der Waals surface area (Å²) in [6, 6.07) is 12.0. The van der Waals surface area contributed by atoms with E-state index in [0.29, 0.717) is 0 Å². The Labute approximate surface area is 112 Å². The minimum atomic E-state index is -0.340. The Hall–Kier alpha value is -2.29. The van der Waals surface area contributed by atoms with Crippen molar-refractivity contribution in [3.8, 4) is 5.75 Å². The Bertz CT molecular complexity index is 641. The summed E-state index contributed by atoms with van der Waals surface area (Å²) < 4.78 is 9.82. The molecule has 2 aromatic rings. The number of ether oxygens (including phenoxy) is 2. The average Bonchev–Trinajstić information content (AvgIpc) is 2.45. The number of benzene rings is 2. The predicted octanol–water partition coefficient (Wildman–Crippen LogP) is 3.42. The Balaban J connectivity index is 2.42. The van der Waals surface area contributed by atoms with E-state index in [1.165, 1.54) is 13.2 Å². The molecule has 0 saturated carbocycles. The molecule has 0 spiro atoms. The van der Waals surface area contributed by atoms with Gasteiger partial charge in [0.25, 0.3) is 0 Å². The molecule has 0 bridgehead atoms. The van der Waals surface area contributed by atoms with Gasteiger partial charge >= 0.3 is 5.97 Å². The third kappa shape index (κ3) is 2.94. The molecule has 0 saturated heterocycles. The third-order valence-corrected chi connectivity index (χ3v) is 3.04. The maximum Gasteiger partial charge on any atom is 0.330 e. The van der Waals surface area contributed by atoms with Gasteiger partial charge in [0.2, 0.25) is 0 Å². The zero-order valence-corrected chi connectivity index (χ0v) is 11.3. The number of hydrogen-bond acceptors (Lipinski definition) is 3. The molecular formula is C16H16O3. The highest BCUT2D eigenvalue weighted by Crippen LogP contribution is 2.24. The highest BCUT2D eigenvalue weighted by Gasteiger charge is 2.02. The minimum absolute atomic E-state index is 0.340. The number of esters is 1. The summed E-state index contributed by atoms with van der Waals surface area (Å²) >= 11 is 0. The van der Waals surface area contributed by atoms with Gasteiger partial charge < -0.3 is 9.47 Å². The van der Waals surface area contributed by atoms with Crippen LogP contribution in [0.5, 0.6) is 5.75 Å². The average molecular weight is 256 g/mol.